The lowest BCUT2D eigenvalue weighted by atomic mass is 10.3. The predicted octanol–water partition coefficient (Wildman–Crippen LogP) is 3.21. The molecule has 2 aromatic rings. The molecular formula is C8H5BrFNOS. The van der Waals surface area contributed by atoms with Crippen LogP contribution in [0.15, 0.2) is 16.0 Å². The van der Waals surface area contributed by atoms with Gasteiger partial charge in [0.05, 0.1) is 21.8 Å². The third-order valence-corrected chi connectivity index (χ3v) is 3.05. The van der Waals surface area contributed by atoms with Crippen LogP contribution in [0.2, 0.25) is 0 Å². The van der Waals surface area contributed by atoms with Gasteiger partial charge in [-0.3, -0.25) is 0 Å². The van der Waals surface area contributed by atoms with E-state index < -0.39 is 5.82 Å². The SMILES string of the molecule is COc1c(Br)cc2scnc2c1F. The summed E-state index contributed by atoms with van der Waals surface area (Å²) in [5, 5.41) is 0. The van der Waals surface area contributed by atoms with Crippen molar-refractivity contribution in [1.82, 2.24) is 4.98 Å². The van der Waals surface area contributed by atoms with E-state index in [0.29, 0.717) is 9.99 Å². The quantitative estimate of drug-likeness (QED) is 0.787. The molecule has 0 spiro atoms. The van der Waals surface area contributed by atoms with Crippen LogP contribution in [0.5, 0.6) is 5.75 Å². The smallest absolute Gasteiger partial charge is 0.193 e. The van der Waals surface area contributed by atoms with Crippen LogP contribution in [-0.4, -0.2) is 12.1 Å². The molecule has 1 aromatic heterocycles. The third-order valence-electron chi connectivity index (χ3n) is 1.68. The number of fused-ring (bicyclic) bond motifs is 1. The highest BCUT2D eigenvalue weighted by Crippen LogP contribution is 2.34. The fourth-order valence-corrected chi connectivity index (χ4v) is 2.53. The van der Waals surface area contributed by atoms with Crippen LogP contribution >= 0.6 is 27.3 Å². The lowest BCUT2D eigenvalue weighted by Gasteiger charge is -2.03. The number of halogens is 2. The molecule has 0 aliphatic heterocycles. The Morgan fingerprint density at radius 2 is 2.38 bits per heavy atom. The monoisotopic (exact) mass is 261 g/mol. The number of nitrogens with zero attached hydrogens (tertiary/aromatic N) is 1. The molecule has 13 heavy (non-hydrogen) atoms. The van der Waals surface area contributed by atoms with Crippen LogP contribution in [0, 0.1) is 5.82 Å². The largest absolute Gasteiger partial charge is 0.492 e. The first-order valence-corrected chi connectivity index (χ1v) is 5.16. The lowest BCUT2D eigenvalue weighted by Crippen LogP contribution is -1.90. The van der Waals surface area contributed by atoms with Gasteiger partial charge >= 0.3 is 0 Å². The minimum Gasteiger partial charge on any atom is -0.492 e. The maximum atomic E-state index is 13.6. The highest BCUT2D eigenvalue weighted by molar-refractivity contribution is 9.10. The van der Waals surface area contributed by atoms with E-state index in [9.17, 15) is 4.39 Å². The Balaban J connectivity index is 2.85. The molecule has 0 saturated carbocycles. The summed E-state index contributed by atoms with van der Waals surface area (Å²) in [5.74, 6) is -0.202. The summed E-state index contributed by atoms with van der Waals surface area (Å²) in [6.07, 6.45) is 0. The van der Waals surface area contributed by atoms with Gasteiger partial charge in [0.15, 0.2) is 11.6 Å². The Labute approximate surface area is 86.5 Å². The molecule has 0 fully saturated rings. The van der Waals surface area contributed by atoms with Gasteiger partial charge in [-0.2, -0.15) is 0 Å². The maximum Gasteiger partial charge on any atom is 0.193 e. The molecule has 2 nitrogen and oxygen atoms in total. The number of hydrogen-bond acceptors (Lipinski definition) is 3. The van der Waals surface area contributed by atoms with Crippen LogP contribution in [0.25, 0.3) is 10.2 Å². The molecule has 0 amide bonds. The van der Waals surface area contributed by atoms with Crippen molar-refractivity contribution in [3.05, 3.63) is 21.9 Å². The zero-order chi connectivity index (χ0) is 9.42. The van der Waals surface area contributed by atoms with Gasteiger partial charge in [-0.05, 0) is 22.0 Å². The van der Waals surface area contributed by atoms with Gasteiger partial charge < -0.3 is 4.74 Å². The molecule has 0 bridgehead atoms. The van der Waals surface area contributed by atoms with Gasteiger partial charge in [0.1, 0.15) is 5.52 Å². The number of methoxy groups -OCH3 is 1. The molecule has 0 radical (unpaired) electrons. The van der Waals surface area contributed by atoms with Crippen molar-refractivity contribution in [3.63, 3.8) is 0 Å². The van der Waals surface area contributed by atoms with E-state index in [-0.39, 0.29) is 5.75 Å². The molecule has 0 saturated heterocycles. The number of hydrogen-bond donors (Lipinski definition) is 0. The number of thiazole rings is 1. The van der Waals surface area contributed by atoms with E-state index in [1.165, 1.54) is 18.4 Å². The number of benzene rings is 1. The van der Waals surface area contributed by atoms with Crippen LogP contribution in [0.4, 0.5) is 4.39 Å². The third kappa shape index (κ3) is 1.32. The van der Waals surface area contributed by atoms with Gasteiger partial charge in [0, 0.05) is 0 Å². The molecule has 5 heteroatoms. The second kappa shape index (κ2) is 3.23. The molecule has 1 heterocycles. The van der Waals surface area contributed by atoms with Crippen LogP contribution in [0.1, 0.15) is 0 Å². The fourth-order valence-electron chi connectivity index (χ4n) is 1.10. The van der Waals surface area contributed by atoms with E-state index in [1.54, 1.807) is 11.6 Å². The van der Waals surface area contributed by atoms with Crippen LogP contribution < -0.4 is 4.74 Å². The standard InChI is InChI=1S/C8H5BrFNOS/c1-12-8-4(9)2-5-7(6(8)10)11-3-13-5/h2-3H,1H3. The molecule has 68 valence electrons. The minimum atomic E-state index is -0.409. The molecule has 0 atom stereocenters. The van der Waals surface area contributed by atoms with Crippen molar-refractivity contribution < 1.29 is 9.13 Å². The number of ether oxygens (including phenoxy) is 1. The second-order valence-corrected chi connectivity index (χ2v) is 4.15. The summed E-state index contributed by atoms with van der Waals surface area (Å²) < 4.78 is 19.9. The minimum absolute atomic E-state index is 0.207. The average Bonchev–Trinajstić information content (AvgIpc) is 2.53. The topological polar surface area (TPSA) is 22.1 Å². The second-order valence-electron chi connectivity index (χ2n) is 2.40. The van der Waals surface area contributed by atoms with Crippen molar-refractivity contribution in [2.24, 2.45) is 0 Å². The van der Waals surface area contributed by atoms with E-state index >= 15 is 0 Å². The average molecular weight is 262 g/mol. The first kappa shape index (κ1) is 8.90. The summed E-state index contributed by atoms with van der Waals surface area (Å²) in [4.78, 5) is 3.91. The van der Waals surface area contributed by atoms with Gasteiger partial charge in [-0.1, -0.05) is 0 Å². The van der Waals surface area contributed by atoms with Crippen LogP contribution in [0.3, 0.4) is 0 Å². The van der Waals surface area contributed by atoms with E-state index in [4.69, 9.17) is 4.74 Å². The van der Waals surface area contributed by atoms with Gasteiger partial charge in [0.2, 0.25) is 0 Å². The van der Waals surface area contributed by atoms with Crippen molar-refractivity contribution in [2.75, 3.05) is 7.11 Å². The Bertz CT molecular complexity index is 457. The van der Waals surface area contributed by atoms with Gasteiger partial charge in [0.25, 0.3) is 0 Å². The summed E-state index contributed by atoms with van der Waals surface area (Å²) in [5.41, 5.74) is 1.98. The Morgan fingerprint density at radius 3 is 3.08 bits per heavy atom. The van der Waals surface area contributed by atoms with Crippen molar-refractivity contribution in [3.8, 4) is 5.75 Å². The first-order valence-electron chi connectivity index (χ1n) is 3.49. The number of rotatable bonds is 1. The normalized spacial score (nSPS) is 10.7. The summed E-state index contributed by atoms with van der Waals surface area (Å²) in [6.45, 7) is 0. The Morgan fingerprint density at radius 1 is 1.62 bits per heavy atom. The summed E-state index contributed by atoms with van der Waals surface area (Å²) >= 11 is 4.63. The molecule has 0 N–H and O–H groups in total. The Hall–Kier alpha value is -0.680. The molecule has 1 aromatic carbocycles. The van der Waals surface area contributed by atoms with E-state index in [2.05, 4.69) is 20.9 Å². The van der Waals surface area contributed by atoms with E-state index in [1.807, 2.05) is 0 Å². The van der Waals surface area contributed by atoms with E-state index in [0.717, 1.165) is 4.70 Å². The number of aromatic nitrogens is 1. The van der Waals surface area contributed by atoms with Crippen LogP contribution in [-0.2, 0) is 0 Å². The maximum absolute atomic E-state index is 13.6. The zero-order valence-electron chi connectivity index (χ0n) is 6.67. The highest BCUT2D eigenvalue weighted by Gasteiger charge is 2.13. The highest BCUT2D eigenvalue weighted by atomic mass is 79.9. The molecule has 0 aliphatic rings. The molecular weight excluding hydrogens is 257 g/mol. The van der Waals surface area contributed by atoms with Crippen molar-refractivity contribution >= 4 is 37.5 Å². The lowest BCUT2D eigenvalue weighted by molar-refractivity contribution is 0.386. The van der Waals surface area contributed by atoms with Gasteiger partial charge in [-0.15, -0.1) is 11.3 Å². The fraction of sp³-hybridized carbons (Fsp3) is 0.125. The first-order chi connectivity index (χ1) is 6.24. The molecule has 0 unspecified atom stereocenters. The molecule has 2 rings (SSSR count). The zero-order valence-corrected chi connectivity index (χ0v) is 9.08. The summed E-state index contributed by atoms with van der Waals surface area (Å²) in [6, 6.07) is 1.80. The Kier molecular flexibility index (Phi) is 2.21. The van der Waals surface area contributed by atoms with Gasteiger partial charge in [-0.25, -0.2) is 9.37 Å². The van der Waals surface area contributed by atoms with Crippen molar-refractivity contribution in [1.29, 1.82) is 0 Å². The van der Waals surface area contributed by atoms with Crippen molar-refractivity contribution in [2.45, 2.75) is 0 Å². The predicted molar refractivity (Wildman–Crippen MR) is 53.8 cm³/mol. The molecule has 0 aliphatic carbocycles. The summed E-state index contributed by atoms with van der Waals surface area (Å²) in [7, 11) is 1.43.